The number of aliphatic hydroxyl groups is 1. The van der Waals surface area contributed by atoms with Crippen LogP contribution in [-0.4, -0.2) is 34.7 Å². The number of likely N-dealkylation sites (tertiary alicyclic amines) is 1. The average molecular weight is 394 g/mol. The fourth-order valence-corrected chi connectivity index (χ4v) is 5.41. The van der Waals surface area contributed by atoms with Gasteiger partial charge in [0.25, 0.3) is 0 Å². The molecule has 1 saturated carbocycles. The molecule has 0 radical (unpaired) electrons. The second-order valence-corrected chi connectivity index (χ2v) is 10.5. The van der Waals surface area contributed by atoms with Crippen molar-refractivity contribution in [2.24, 2.45) is 11.8 Å². The minimum absolute atomic E-state index is 0.141. The van der Waals surface area contributed by atoms with E-state index in [0.29, 0.717) is 23.5 Å². The Kier molecular flexibility index (Phi) is 5.25. The van der Waals surface area contributed by atoms with Crippen molar-refractivity contribution in [1.29, 1.82) is 0 Å². The molecule has 2 N–H and O–H groups in total. The van der Waals surface area contributed by atoms with Gasteiger partial charge in [-0.2, -0.15) is 0 Å². The molecule has 3 nitrogen and oxygen atoms in total. The number of fused-ring (bicyclic) bond motifs is 1. The molecule has 2 fully saturated rings. The largest absolute Gasteiger partial charge is 0.508 e. The molecule has 3 heteroatoms. The zero-order chi connectivity index (χ0) is 20.8. The van der Waals surface area contributed by atoms with Crippen LogP contribution in [0.4, 0.5) is 0 Å². The first-order valence-corrected chi connectivity index (χ1v) is 11.0. The Morgan fingerprint density at radius 3 is 2.03 bits per heavy atom. The summed E-state index contributed by atoms with van der Waals surface area (Å²) in [5.41, 5.74) is 3.15. The molecule has 2 aromatic rings. The molecule has 1 aliphatic carbocycles. The zero-order valence-corrected chi connectivity index (χ0v) is 18.2. The minimum atomic E-state index is -0.666. The summed E-state index contributed by atoms with van der Waals surface area (Å²) in [5, 5.41) is 20.9. The normalized spacial score (nSPS) is 28.4. The molecular formula is C26H35NO2. The summed E-state index contributed by atoms with van der Waals surface area (Å²) in [7, 11) is 0. The van der Waals surface area contributed by atoms with Crippen LogP contribution in [0.5, 0.6) is 5.75 Å². The van der Waals surface area contributed by atoms with Crippen molar-refractivity contribution in [2.75, 3.05) is 19.6 Å². The van der Waals surface area contributed by atoms with E-state index in [1.807, 2.05) is 12.1 Å². The highest BCUT2D eigenvalue weighted by Crippen LogP contribution is 2.49. The van der Waals surface area contributed by atoms with Gasteiger partial charge in [0.2, 0.25) is 0 Å². The number of benzene rings is 2. The van der Waals surface area contributed by atoms with Crippen LogP contribution >= 0.6 is 0 Å². The van der Waals surface area contributed by atoms with Gasteiger partial charge < -0.3 is 15.1 Å². The third-order valence-electron chi connectivity index (χ3n) is 7.13. The fraction of sp³-hybridized carbons (Fsp3) is 0.538. The van der Waals surface area contributed by atoms with E-state index >= 15 is 0 Å². The van der Waals surface area contributed by atoms with E-state index < -0.39 is 5.60 Å². The van der Waals surface area contributed by atoms with Crippen molar-refractivity contribution < 1.29 is 10.2 Å². The van der Waals surface area contributed by atoms with Crippen LogP contribution in [0.2, 0.25) is 0 Å². The van der Waals surface area contributed by atoms with Gasteiger partial charge in [0.15, 0.2) is 0 Å². The lowest BCUT2D eigenvalue weighted by molar-refractivity contribution is 0.0312. The number of phenols is 1. The van der Waals surface area contributed by atoms with Crippen molar-refractivity contribution in [3.63, 3.8) is 0 Å². The number of hydrogen-bond donors (Lipinski definition) is 2. The highest BCUT2D eigenvalue weighted by Gasteiger charge is 2.49. The standard InChI is InChI=1S/C26H35NO2/c1-18(19-5-11-24(28)12-6-19)15-27-16-20-13-26(29,14-21(20)17-27)23-9-7-22(8-10-23)25(2,3)4/h5-12,18,20-21,28-29H,13-17H2,1-4H3/t18?,20-,21+,26?. The van der Waals surface area contributed by atoms with Gasteiger partial charge in [0, 0.05) is 19.6 Å². The first-order valence-electron chi connectivity index (χ1n) is 11.0. The van der Waals surface area contributed by atoms with Crippen molar-refractivity contribution in [3.05, 3.63) is 65.2 Å². The van der Waals surface area contributed by atoms with E-state index in [9.17, 15) is 10.2 Å². The van der Waals surface area contributed by atoms with Crippen LogP contribution in [0.1, 0.15) is 63.1 Å². The molecule has 1 heterocycles. The van der Waals surface area contributed by atoms with Crippen molar-refractivity contribution >= 4 is 0 Å². The summed E-state index contributed by atoms with van der Waals surface area (Å²) in [6.07, 6.45) is 1.74. The molecule has 4 rings (SSSR count). The van der Waals surface area contributed by atoms with Crippen LogP contribution in [0.25, 0.3) is 0 Å². The van der Waals surface area contributed by atoms with Gasteiger partial charge in [0.05, 0.1) is 5.60 Å². The van der Waals surface area contributed by atoms with Crippen molar-refractivity contribution in [2.45, 2.75) is 57.5 Å². The Morgan fingerprint density at radius 1 is 0.966 bits per heavy atom. The van der Waals surface area contributed by atoms with Gasteiger partial charge in [-0.05, 0) is 64.8 Å². The minimum Gasteiger partial charge on any atom is -0.508 e. The van der Waals surface area contributed by atoms with Gasteiger partial charge in [-0.3, -0.25) is 0 Å². The summed E-state index contributed by atoms with van der Waals surface area (Å²) in [6, 6.07) is 16.3. The highest BCUT2D eigenvalue weighted by molar-refractivity contribution is 5.32. The smallest absolute Gasteiger partial charge is 0.115 e. The Morgan fingerprint density at radius 2 is 1.52 bits per heavy atom. The Balaban J connectivity index is 1.37. The lowest BCUT2D eigenvalue weighted by Crippen LogP contribution is -2.30. The van der Waals surface area contributed by atoms with Crippen LogP contribution < -0.4 is 0 Å². The third-order valence-corrected chi connectivity index (χ3v) is 7.13. The second kappa shape index (κ2) is 7.45. The Bertz CT molecular complexity index is 821. The molecule has 0 spiro atoms. The first kappa shape index (κ1) is 20.4. The molecule has 0 amide bonds. The maximum atomic E-state index is 11.4. The molecule has 0 bridgehead atoms. The number of hydrogen-bond acceptors (Lipinski definition) is 3. The van der Waals surface area contributed by atoms with Gasteiger partial charge >= 0.3 is 0 Å². The fourth-order valence-electron chi connectivity index (χ4n) is 5.41. The molecule has 1 aliphatic heterocycles. The number of rotatable bonds is 4. The molecule has 156 valence electrons. The van der Waals surface area contributed by atoms with Crippen molar-refractivity contribution in [1.82, 2.24) is 4.90 Å². The summed E-state index contributed by atoms with van der Waals surface area (Å²) in [6.45, 7) is 12.1. The average Bonchev–Trinajstić information content (AvgIpc) is 3.16. The Labute approximate surface area is 175 Å². The van der Waals surface area contributed by atoms with Crippen molar-refractivity contribution in [3.8, 4) is 5.75 Å². The van der Waals surface area contributed by atoms with Gasteiger partial charge in [0.1, 0.15) is 5.75 Å². The molecule has 4 atom stereocenters. The number of nitrogens with zero attached hydrogens (tertiary/aromatic N) is 1. The lowest BCUT2D eigenvalue weighted by atomic mass is 9.84. The predicted octanol–water partition coefficient (Wildman–Crippen LogP) is 5.02. The molecule has 2 unspecified atom stereocenters. The van der Waals surface area contributed by atoms with Gasteiger partial charge in [-0.25, -0.2) is 0 Å². The van der Waals surface area contributed by atoms with Crippen LogP contribution in [0.15, 0.2) is 48.5 Å². The summed E-state index contributed by atoms with van der Waals surface area (Å²) >= 11 is 0. The van der Waals surface area contributed by atoms with Gasteiger partial charge in [-0.15, -0.1) is 0 Å². The molecule has 2 aliphatic rings. The quantitative estimate of drug-likeness (QED) is 0.766. The van der Waals surface area contributed by atoms with Crippen LogP contribution in [0.3, 0.4) is 0 Å². The number of aromatic hydroxyl groups is 1. The van der Waals surface area contributed by atoms with E-state index in [0.717, 1.165) is 38.0 Å². The summed E-state index contributed by atoms with van der Waals surface area (Å²) in [5.74, 6) is 1.92. The SMILES string of the molecule is CC(CN1C[C@@H]2CC(O)(c3ccc(C(C)(C)C)cc3)C[C@@H]2C1)c1ccc(O)cc1. The van der Waals surface area contributed by atoms with E-state index in [2.05, 4.69) is 56.9 Å². The van der Waals surface area contributed by atoms with E-state index in [-0.39, 0.29) is 5.41 Å². The first-order chi connectivity index (χ1) is 13.6. The van der Waals surface area contributed by atoms with E-state index in [4.69, 9.17) is 0 Å². The topological polar surface area (TPSA) is 43.7 Å². The lowest BCUT2D eigenvalue weighted by Gasteiger charge is -2.28. The zero-order valence-electron chi connectivity index (χ0n) is 18.2. The van der Waals surface area contributed by atoms with Crippen LogP contribution in [-0.2, 0) is 11.0 Å². The number of phenolic OH excluding ortho intramolecular Hbond substituents is 1. The van der Waals surface area contributed by atoms with E-state index in [1.54, 1.807) is 12.1 Å². The maximum absolute atomic E-state index is 11.4. The monoisotopic (exact) mass is 393 g/mol. The summed E-state index contributed by atoms with van der Waals surface area (Å²) < 4.78 is 0. The Hall–Kier alpha value is -1.84. The second-order valence-electron chi connectivity index (χ2n) is 10.5. The highest BCUT2D eigenvalue weighted by atomic mass is 16.3. The van der Waals surface area contributed by atoms with E-state index in [1.165, 1.54) is 11.1 Å². The molecule has 29 heavy (non-hydrogen) atoms. The summed E-state index contributed by atoms with van der Waals surface area (Å²) in [4.78, 5) is 2.56. The third kappa shape index (κ3) is 4.22. The van der Waals surface area contributed by atoms with Gasteiger partial charge in [-0.1, -0.05) is 64.1 Å². The molecule has 2 aromatic carbocycles. The molecular weight excluding hydrogens is 358 g/mol. The molecule has 1 saturated heterocycles. The predicted molar refractivity (Wildman–Crippen MR) is 118 cm³/mol. The maximum Gasteiger partial charge on any atom is 0.115 e. The molecule has 0 aromatic heterocycles. The van der Waals surface area contributed by atoms with Crippen LogP contribution in [0, 0.1) is 11.8 Å².